The van der Waals surface area contributed by atoms with Crippen LogP contribution in [0.25, 0.3) is 5.52 Å². The van der Waals surface area contributed by atoms with Gasteiger partial charge in [0.1, 0.15) is 0 Å². The molecular weight excluding hydrogens is 354 g/mol. The average Bonchev–Trinajstić information content (AvgIpc) is 3.05. The van der Waals surface area contributed by atoms with Crippen LogP contribution < -0.4 is 0 Å². The molecule has 1 atom stereocenters. The van der Waals surface area contributed by atoms with E-state index in [9.17, 15) is 4.79 Å². The van der Waals surface area contributed by atoms with Crippen LogP contribution in [0.3, 0.4) is 0 Å². The molecular formula is C23H27NO2S. The van der Waals surface area contributed by atoms with E-state index in [0.717, 1.165) is 17.0 Å². The maximum atomic E-state index is 12.5. The van der Waals surface area contributed by atoms with E-state index < -0.39 is 0 Å². The smallest absolute Gasteiger partial charge is 0.340 e. The molecule has 1 aromatic carbocycles. The SMILES string of the molecule is CCOC(=O)c1cc([C@@H](SCCC(C)C)c2ccccc2)n2ccccc12. The van der Waals surface area contributed by atoms with E-state index in [1.165, 1.54) is 12.0 Å². The number of pyridine rings is 1. The number of hydrogen-bond donors (Lipinski definition) is 0. The van der Waals surface area contributed by atoms with Crippen molar-refractivity contribution in [3.05, 3.63) is 77.6 Å². The van der Waals surface area contributed by atoms with Crippen LogP contribution in [-0.2, 0) is 4.74 Å². The number of rotatable bonds is 8. The highest BCUT2D eigenvalue weighted by atomic mass is 32.2. The first-order valence-corrected chi connectivity index (χ1v) is 10.6. The zero-order valence-electron chi connectivity index (χ0n) is 16.2. The van der Waals surface area contributed by atoms with Gasteiger partial charge in [-0.3, -0.25) is 0 Å². The number of thioether (sulfide) groups is 1. The summed E-state index contributed by atoms with van der Waals surface area (Å²) in [6.45, 7) is 6.72. The van der Waals surface area contributed by atoms with Crippen molar-refractivity contribution in [1.29, 1.82) is 0 Å². The van der Waals surface area contributed by atoms with Gasteiger partial charge in [-0.25, -0.2) is 4.79 Å². The fraction of sp³-hybridized carbons (Fsp3) is 0.348. The van der Waals surface area contributed by atoms with Crippen molar-refractivity contribution < 1.29 is 9.53 Å². The Bertz CT molecular complexity index is 886. The van der Waals surface area contributed by atoms with E-state index in [1.54, 1.807) is 0 Å². The quantitative estimate of drug-likeness (QED) is 0.449. The fourth-order valence-electron chi connectivity index (χ4n) is 3.16. The van der Waals surface area contributed by atoms with Gasteiger partial charge in [0.15, 0.2) is 0 Å². The molecule has 0 spiro atoms. The third-order valence-electron chi connectivity index (χ3n) is 4.55. The monoisotopic (exact) mass is 381 g/mol. The molecule has 3 aromatic rings. The summed E-state index contributed by atoms with van der Waals surface area (Å²) >= 11 is 1.94. The van der Waals surface area contributed by atoms with Crippen LogP contribution in [0, 0.1) is 5.92 Å². The normalized spacial score (nSPS) is 12.4. The zero-order valence-corrected chi connectivity index (χ0v) is 17.0. The molecule has 0 radical (unpaired) electrons. The lowest BCUT2D eigenvalue weighted by atomic mass is 10.1. The van der Waals surface area contributed by atoms with Crippen LogP contribution in [0.15, 0.2) is 60.8 Å². The first kappa shape index (κ1) is 19.6. The Morgan fingerprint density at radius 3 is 2.56 bits per heavy atom. The number of hydrogen-bond acceptors (Lipinski definition) is 3. The van der Waals surface area contributed by atoms with Crippen molar-refractivity contribution in [2.45, 2.75) is 32.4 Å². The molecule has 0 N–H and O–H groups in total. The molecule has 0 saturated heterocycles. The molecule has 0 saturated carbocycles. The molecule has 0 unspecified atom stereocenters. The van der Waals surface area contributed by atoms with Gasteiger partial charge in [0.25, 0.3) is 0 Å². The second kappa shape index (κ2) is 9.14. The van der Waals surface area contributed by atoms with Crippen LogP contribution in [-0.4, -0.2) is 22.7 Å². The molecule has 0 aliphatic rings. The third-order valence-corrected chi connectivity index (χ3v) is 5.87. The van der Waals surface area contributed by atoms with Gasteiger partial charge in [-0.05, 0) is 48.8 Å². The van der Waals surface area contributed by atoms with Gasteiger partial charge in [0.2, 0.25) is 0 Å². The molecule has 0 aliphatic carbocycles. The number of esters is 1. The Balaban J connectivity index is 2.05. The van der Waals surface area contributed by atoms with Gasteiger partial charge in [-0.2, -0.15) is 0 Å². The summed E-state index contributed by atoms with van der Waals surface area (Å²) in [5.74, 6) is 1.49. The number of carbonyl (C=O) groups is 1. The highest BCUT2D eigenvalue weighted by Gasteiger charge is 2.23. The fourth-order valence-corrected chi connectivity index (χ4v) is 4.70. The first-order valence-electron chi connectivity index (χ1n) is 9.55. The third kappa shape index (κ3) is 4.56. The number of fused-ring (bicyclic) bond motifs is 1. The van der Waals surface area contributed by atoms with E-state index in [4.69, 9.17) is 4.74 Å². The van der Waals surface area contributed by atoms with Crippen molar-refractivity contribution in [2.75, 3.05) is 12.4 Å². The van der Waals surface area contributed by atoms with Gasteiger partial charge in [-0.1, -0.05) is 50.2 Å². The largest absolute Gasteiger partial charge is 0.462 e. The minimum atomic E-state index is -0.258. The lowest BCUT2D eigenvalue weighted by Crippen LogP contribution is -2.03. The molecule has 0 aliphatic heterocycles. The van der Waals surface area contributed by atoms with E-state index >= 15 is 0 Å². The lowest BCUT2D eigenvalue weighted by molar-refractivity contribution is 0.0529. The van der Waals surface area contributed by atoms with E-state index in [0.29, 0.717) is 18.1 Å². The van der Waals surface area contributed by atoms with E-state index in [2.05, 4.69) is 42.5 Å². The Morgan fingerprint density at radius 1 is 1.11 bits per heavy atom. The van der Waals surface area contributed by atoms with Crippen molar-refractivity contribution in [1.82, 2.24) is 4.40 Å². The molecule has 2 heterocycles. The minimum Gasteiger partial charge on any atom is -0.462 e. The Labute approximate surface area is 165 Å². The number of nitrogens with zero attached hydrogens (tertiary/aromatic N) is 1. The summed E-state index contributed by atoms with van der Waals surface area (Å²) in [4.78, 5) is 12.5. The summed E-state index contributed by atoms with van der Waals surface area (Å²) in [5, 5.41) is 0.169. The van der Waals surface area contributed by atoms with Gasteiger partial charge >= 0.3 is 5.97 Å². The highest BCUT2D eigenvalue weighted by molar-refractivity contribution is 7.99. The van der Waals surface area contributed by atoms with Gasteiger partial charge < -0.3 is 9.14 Å². The number of carbonyl (C=O) groups excluding carboxylic acids is 1. The second-order valence-electron chi connectivity index (χ2n) is 7.00. The van der Waals surface area contributed by atoms with Crippen molar-refractivity contribution >= 4 is 23.2 Å². The zero-order chi connectivity index (χ0) is 19.2. The lowest BCUT2D eigenvalue weighted by Gasteiger charge is -2.18. The standard InChI is InChI=1S/C23H27NO2S/c1-4-26-23(25)19-16-21(24-14-9-8-12-20(19)24)22(27-15-13-17(2)3)18-10-6-5-7-11-18/h5-12,14,16-17,22H,4,13,15H2,1-3H3/t22-/m0/s1. The topological polar surface area (TPSA) is 30.7 Å². The molecule has 2 aromatic heterocycles. The van der Waals surface area contributed by atoms with E-state index in [-0.39, 0.29) is 11.2 Å². The number of aromatic nitrogens is 1. The first-order chi connectivity index (χ1) is 13.1. The average molecular weight is 382 g/mol. The minimum absolute atomic E-state index is 0.169. The molecule has 0 fully saturated rings. The summed E-state index contributed by atoms with van der Waals surface area (Å²) in [6, 6.07) is 18.5. The van der Waals surface area contributed by atoms with Gasteiger partial charge in [0, 0.05) is 11.9 Å². The van der Waals surface area contributed by atoms with E-state index in [1.807, 2.05) is 55.2 Å². The van der Waals surface area contributed by atoms with Crippen LogP contribution in [0.4, 0.5) is 0 Å². The molecule has 27 heavy (non-hydrogen) atoms. The molecule has 4 heteroatoms. The summed E-state index contributed by atoms with van der Waals surface area (Å²) in [6.07, 6.45) is 3.20. The van der Waals surface area contributed by atoms with Crippen LogP contribution in [0.5, 0.6) is 0 Å². The summed E-state index contributed by atoms with van der Waals surface area (Å²) in [7, 11) is 0. The Hall–Kier alpha value is -2.20. The maximum absolute atomic E-state index is 12.5. The molecule has 142 valence electrons. The van der Waals surface area contributed by atoms with Crippen LogP contribution >= 0.6 is 11.8 Å². The Morgan fingerprint density at radius 2 is 1.85 bits per heavy atom. The molecule has 0 amide bonds. The van der Waals surface area contributed by atoms with Crippen LogP contribution in [0.2, 0.25) is 0 Å². The second-order valence-corrected chi connectivity index (χ2v) is 8.22. The Kier molecular flexibility index (Phi) is 6.62. The van der Waals surface area contributed by atoms with Gasteiger partial charge in [-0.15, -0.1) is 11.8 Å². The predicted octanol–water partition coefficient (Wildman–Crippen LogP) is 5.98. The van der Waals surface area contributed by atoms with Crippen molar-refractivity contribution in [3.63, 3.8) is 0 Å². The number of benzene rings is 1. The highest BCUT2D eigenvalue weighted by Crippen LogP contribution is 2.38. The van der Waals surface area contributed by atoms with Crippen molar-refractivity contribution in [2.24, 2.45) is 5.92 Å². The van der Waals surface area contributed by atoms with Crippen molar-refractivity contribution in [3.8, 4) is 0 Å². The van der Waals surface area contributed by atoms with Gasteiger partial charge in [0.05, 0.1) is 22.9 Å². The predicted molar refractivity (Wildman–Crippen MR) is 114 cm³/mol. The number of ether oxygens (including phenoxy) is 1. The van der Waals surface area contributed by atoms with Crippen LogP contribution in [0.1, 0.15) is 54.1 Å². The molecule has 3 rings (SSSR count). The molecule has 0 bridgehead atoms. The molecule has 3 nitrogen and oxygen atoms in total. The summed E-state index contributed by atoms with van der Waals surface area (Å²) in [5.41, 5.74) is 3.91. The maximum Gasteiger partial charge on any atom is 0.340 e. The summed E-state index contributed by atoms with van der Waals surface area (Å²) < 4.78 is 7.42.